The first-order valence-electron chi connectivity index (χ1n) is 7.88. The largest absolute Gasteiger partial charge is 0.310 e. The number of nitrogens with one attached hydrogen (secondary N) is 1. The van der Waals surface area contributed by atoms with Gasteiger partial charge in [-0.1, -0.05) is 70.9 Å². The molecule has 1 saturated carbocycles. The first-order valence-corrected chi connectivity index (χ1v) is 9.47. The summed E-state index contributed by atoms with van der Waals surface area (Å²) in [6.45, 7) is 3.34. The molecule has 1 aliphatic carbocycles. The Labute approximate surface area is 140 Å². The van der Waals surface area contributed by atoms with Gasteiger partial charge in [0.25, 0.3) is 0 Å². The van der Waals surface area contributed by atoms with E-state index in [0.29, 0.717) is 6.04 Å². The lowest BCUT2D eigenvalue weighted by molar-refractivity contribution is 0.300. The van der Waals surface area contributed by atoms with Crippen LogP contribution in [0.1, 0.15) is 63.5 Å². The first kappa shape index (κ1) is 16.5. The average Bonchev–Trinajstić information content (AvgIpc) is 2.43. The summed E-state index contributed by atoms with van der Waals surface area (Å²) in [6, 6.07) is 7.13. The molecule has 0 spiro atoms. The molecule has 20 heavy (non-hydrogen) atoms. The van der Waals surface area contributed by atoms with Crippen LogP contribution in [0.4, 0.5) is 0 Å². The maximum absolute atomic E-state index is 3.75. The Hall–Kier alpha value is 0.140. The number of rotatable bonds is 6. The van der Waals surface area contributed by atoms with Crippen molar-refractivity contribution >= 4 is 31.9 Å². The number of hydrogen-bond donors (Lipinski definition) is 1. The summed E-state index contributed by atoms with van der Waals surface area (Å²) >= 11 is 7.23. The van der Waals surface area contributed by atoms with E-state index < -0.39 is 0 Å². The normalized spacial score (nSPS) is 18.1. The fourth-order valence-electron chi connectivity index (χ4n) is 3.19. The van der Waals surface area contributed by atoms with Crippen LogP contribution in [-0.2, 0) is 0 Å². The molecule has 0 heterocycles. The summed E-state index contributed by atoms with van der Waals surface area (Å²) in [5, 5.41) is 3.75. The zero-order valence-corrected chi connectivity index (χ0v) is 15.5. The number of halogens is 2. The molecule has 1 atom stereocenters. The van der Waals surface area contributed by atoms with Gasteiger partial charge in [-0.15, -0.1) is 0 Å². The number of hydrogen-bond acceptors (Lipinski definition) is 1. The Balaban J connectivity index is 2.08. The first-order chi connectivity index (χ1) is 9.69. The summed E-state index contributed by atoms with van der Waals surface area (Å²) in [6.07, 6.45) is 9.59. The second-order valence-corrected chi connectivity index (χ2v) is 7.78. The van der Waals surface area contributed by atoms with Crippen molar-refractivity contribution in [2.45, 2.75) is 57.9 Å². The molecule has 112 valence electrons. The van der Waals surface area contributed by atoms with Gasteiger partial charge in [0, 0.05) is 15.0 Å². The molecular formula is C17H25Br2N. The summed E-state index contributed by atoms with van der Waals surface area (Å²) in [7, 11) is 0. The van der Waals surface area contributed by atoms with Crippen LogP contribution >= 0.6 is 31.9 Å². The topological polar surface area (TPSA) is 12.0 Å². The van der Waals surface area contributed by atoms with Crippen LogP contribution in [0, 0.1) is 5.92 Å². The van der Waals surface area contributed by atoms with Gasteiger partial charge in [0.2, 0.25) is 0 Å². The van der Waals surface area contributed by atoms with Gasteiger partial charge in [-0.2, -0.15) is 0 Å². The van der Waals surface area contributed by atoms with Crippen molar-refractivity contribution in [3.8, 4) is 0 Å². The molecule has 0 amide bonds. The van der Waals surface area contributed by atoms with Gasteiger partial charge < -0.3 is 5.32 Å². The molecule has 0 bridgehead atoms. The van der Waals surface area contributed by atoms with Crippen LogP contribution in [0.25, 0.3) is 0 Å². The average molecular weight is 403 g/mol. The van der Waals surface area contributed by atoms with Crippen LogP contribution in [-0.4, -0.2) is 6.54 Å². The van der Waals surface area contributed by atoms with E-state index in [0.717, 1.165) is 21.4 Å². The Morgan fingerprint density at radius 3 is 2.35 bits per heavy atom. The Kier molecular flexibility index (Phi) is 7.06. The van der Waals surface area contributed by atoms with Crippen LogP contribution in [0.3, 0.4) is 0 Å². The van der Waals surface area contributed by atoms with E-state index in [1.165, 1.54) is 50.5 Å². The molecule has 1 aromatic rings. The fraction of sp³-hybridized carbons (Fsp3) is 0.647. The van der Waals surface area contributed by atoms with Crippen LogP contribution in [0.2, 0.25) is 0 Å². The lowest BCUT2D eigenvalue weighted by Crippen LogP contribution is -2.25. The highest BCUT2D eigenvalue weighted by Crippen LogP contribution is 2.33. The third kappa shape index (κ3) is 5.16. The molecule has 0 saturated heterocycles. The van der Waals surface area contributed by atoms with Gasteiger partial charge in [-0.3, -0.25) is 0 Å². The third-order valence-corrected chi connectivity index (χ3v) is 5.14. The quantitative estimate of drug-likeness (QED) is 0.595. The lowest BCUT2D eigenvalue weighted by Gasteiger charge is -2.28. The van der Waals surface area contributed by atoms with Gasteiger partial charge in [-0.05, 0) is 49.1 Å². The summed E-state index contributed by atoms with van der Waals surface area (Å²) in [5.74, 6) is 0.899. The van der Waals surface area contributed by atoms with Crippen molar-refractivity contribution in [3.63, 3.8) is 0 Å². The second-order valence-electron chi connectivity index (χ2n) is 5.95. The van der Waals surface area contributed by atoms with Crippen molar-refractivity contribution in [1.29, 1.82) is 0 Å². The predicted octanol–water partition coefficient (Wildman–Crippen LogP) is 6.22. The molecule has 2 rings (SSSR count). The number of benzene rings is 1. The molecule has 0 aromatic heterocycles. The van der Waals surface area contributed by atoms with Gasteiger partial charge >= 0.3 is 0 Å². The van der Waals surface area contributed by atoms with Crippen molar-refractivity contribution < 1.29 is 0 Å². The van der Waals surface area contributed by atoms with E-state index in [1.54, 1.807) is 0 Å². The van der Waals surface area contributed by atoms with Crippen LogP contribution < -0.4 is 5.32 Å². The minimum Gasteiger partial charge on any atom is -0.310 e. The van der Waals surface area contributed by atoms with E-state index in [1.807, 2.05) is 0 Å². The van der Waals surface area contributed by atoms with E-state index in [-0.39, 0.29) is 0 Å². The summed E-state index contributed by atoms with van der Waals surface area (Å²) < 4.78 is 2.32. The highest BCUT2D eigenvalue weighted by atomic mass is 79.9. The second kappa shape index (κ2) is 8.55. The molecule has 1 fully saturated rings. The van der Waals surface area contributed by atoms with Crippen molar-refractivity contribution in [1.82, 2.24) is 5.32 Å². The molecule has 1 aromatic carbocycles. The highest BCUT2D eigenvalue weighted by molar-refractivity contribution is 9.11. The molecule has 0 aliphatic heterocycles. The predicted molar refractivity (Wildman–Crippen MR) is 94.1 cm³/mol. The van der Waals surface area contributed by atoms with E-state index >= 15 is 0 Å². The Morgan fingerprint density at radius 1 is 1.10 bits per heavy atom. The Bertz CT molecular complexity index is 393. The highest BCUT2D eigenvalue weighted by Gasteiger charge is 2.20. The monoisotopic (exact) mass is 401 g/mol. The van der Waals surface area contributed by atoms with E-state index in [2.05, 4.69) is 62.3 Å². The van der Waals surface area contributed by atoms with Crippen molar-refractivity contribution in [3.05, 3.63) is 32.7 Å². The third-order valence-electron chi connectivity index (χ3n) is 4.22. The van der Waals surface area contributed by atoms with Crippen molar-refractivity contribution in [2.24, 2.45) is 5.92 Å². The molecule has 1 nitrogen and oxygen atoms in total. The van der Waals surface area contributed by atoms with E-state index in [9.17, 15) is 0 Å². The van der Waals surface area contributed by atoms with Gasteiger partial charge in [0.15, 0.2) is 0 Å². The maximum atomic E-state index is 3.75. The standard InChI is InChI=1S/C17H25Br2N/c1-2-8-20-17(9-13-6-4-3-5-7-13)14-10-15(18)12-16(19)11-14/h10-13,17,20H,2-9H2,1H3. The van der Waals surface area contributed by atoms with Gasteiger partial charge in [-0.25, -0.2) is 0 Å². The van der Waals surface area contributed by atoms with Gasteiger partial charge in [0.1, 0.15) is 0 Å². The minimum atomic E-state index is 0.492. The molecular weight excluding hydrogens is 378 g/mol. The zero-order chi connectivity index (χ0) is 14.4. The lowest BCUT2D eigenvalue weighted by atomic mass is 9.83. The van der Waals surface area contributed by atoms with Gasteiger partial charge in [0.05, 0.1) is 0 Å². The van der Waals surface area contributed by atoms with Crippen LogP contribution in [0.15, 0.2) is 27.1 Å². The SMILES string of the molecule is CCCNC(CC1CCCCC1)c1cc(Br)cc(Br)c1. The van der Waals surface area contributed by atoms with Crippen molar-refractivity contribution in [2.75, 3.05) is 6.54 Å². The van der Waals surface area contributed by atoms with Crippen LogP contribution in [0.5, 0.6) is 0 Å². The molecule has 1 aliphatic rings. The maximum Gasteiger partial charge on any atom is 0.0323 e. The molecule has 0 radical (unpaired) electrons. The fourth-order valence-corrected chi connectivity index (χ4v) is 4.52. The summed E-state index contributed by atoms with van der Waals surface area (Å²) in [4.78, 5) is 0. The smallest absolute Gasteiger partial charge is 0.0323 e. The minimum absolute atomic E-state index is 0.492. The zero-order valence-electron chi connectivity index (χ0n) is 12.3. The Morgan fingerprint density at radius 2 is 1.75 bits per heavy atom. The molecule has 3 heteroatoms. The summed E-state index contributed by atoms with van der Waals surface area (Å²) in [5.41, 5.74) is 1.41. The van der Waals surface area contributed by atoms with E-state index in [4.69, 9.17) is 0 Å². The molecule has 1 unspecified atom stereocenters. The molecule has 1 N–H and O–H groups in total.